The van der Waals surface area contributed by atoms with Crippen LogP contribution in [0.5, 0.6) is 0 Å². The number of furan rings is 1. The molecule has 2 rings (SSSR count). The number of rotatable bonds is 7. The van der Waals surface area contributed by atoms with Gasteiger partial charge < -0.3 is 19.8 Å². The number of ether oxygens (including phenoxy) is 1. The van der Waals surface area contributed by atoms with E-state index in [0.717, 1.165) is 25.7 Å². The molecule has 0 saturated heterocycles. The smallest absolute Gasteiger partial charge is 0.329 e. The summed E-state index contributed by atoms with van der Waals surface area (Å²) in [7, 11) is 0. The zero-order valence-electron chi connectivity index (χ0n) is 16.3. The van der Waals surface area contributed by atoms with Crippen LogP contribution in [0.25, 0.3) is 0 Å². The molecule has 0 aromatic carbocycles. The van der Waals surface area contributed by atoms with Gasteiger partial charge in [0.05, 0.1) is 6.26 Å². The van der Waals surface area contributed by atoms with E-state index in [-0.39, 0.29) is 17.7 Å². The van der Waals surface area contributed by atoms with Crippen LogP contribution in [0.2, 0.25) is 0 Å². The van der Waals surface area contributed by atoms with E-state index in [1.54, 1.807) is 19.9 Å². The van der Waals surface area contributed by atoms with Gasteiger partial charge in [-0.15, -0.1) is 0 Å². The van der Waals surface area contributed by atoms with Gasteiger partial charge in [-0.3, -0.25) is 14.9 Å². The maximum atomic E-state index is 12.4. The molecule has 0 radical (unpaired) electrons. The molecule has 1 aromatic rings. The average molecular weight is 393 g/mol. The van der Waals surface area contributed by atoms with Crippen LogP contribution in [0.4, 0.5) is 4.79 Å². The van der Waals surface area contributed by atoms with Crippen molar-refractivity contribution in [2.45, 2.75) is 64.6 Å². The number of esters is 1. The van der Waals surface area contributed by atoms with Gasteiger partial charge in [0.25, 0.3) is 11.8 Å². The minimum Gasteiger partial charge on any atom is -0.459 e. The maximum Gasteiger partial charge on any atom is 0.329 e. The minimum absolute atomic E-state index is 0.0628. The SMILES string of the molecule is CC(C)[C@H](NC(=O)c1ccco1)C(=O)O[C@@H](C)C(=O)NC(=O)NC1CCCC1. The van der Waals surface area contributed by atoms with Crippen molar-refractivity contribution >= 4 is 23.8 Å². The zero-order valence-corrected chi connectivity index (χ0v) is 16.3. The molecule has 1 aliphatic carbocycles. The molecule has 2 atom stereocenters. The van der Waals surface area contributed by atoms with Gasteiger partial charge in [-0.1, -0.05) is 26.7 Å². The van der Waals surface area contributed by atoms with Crippen LogP contribution >= 0.6 is 0 Å². The van der Waals surface area contributed by atoms with Crippen molar-refractivity contribution in [3.05, 3.63) is 24.2 Å². The summed E-state index contributed by atoms with van der Waals surface area (Å²) in [4.78, 5) is 48.5. The van der Waals surface area contributed by atoms with Crippen molar-refractivity contribution in [1.29, 1.82) is 0 Å². The predicted molar refractivity (Wildman–Crippen MR) is 99.3 cm³/mol. The molecule has 0 spiro atoms. The van der Waals surface area contributed by atoms with Gasteiger partial charge in [0, 0.05) is 6.04 Å². The summed E-state index contributed by atoms with van der Waals surface area (Å²) in [5.41, 5.74) is 0. The lowest BCUT2D eigenvalue weighted by Crippen LogP contribution is -2.50. The monoisotopic (exact) mass is 393 g/mol. The first kappa shape index (κ1) is 21.5. The van der Waals surface area contributed by atoms with Crippen LogP contribution in [0.15, 0.2) is 22.8 Å². The number of amides is 4. The summed E-state index contributed by atoms with van der Waals surface area (Å²) in [5.74, 6) is -2.29. The third kappa shape index (κ3) is 6.11. The lowest BCUT2D eigenvalue weighted by atomic mass is 10.0. The fraction of sp³-hybridized carbons (Fsp3) is 0.579. The van der Waals surface area contributed by atoms with Crippen molar-refractivity contribution in [3.8, 4) is 0 Å². The van der Waals surface area contributed by atoms with E-state index in [1.807, 2.05) is 0 Å². The molecule has 28 heavy (non-hydrogen) atoms. The number of imide groups is 1. The van der Waals surface area contributed by atoms with Gasteiger partial charge in [0.2, 0.25) is 0 Å². The van der Waals surface area contributed by atoms with E-state index < -0.39 is 36.0 Å². The van der Waals surface area contributed by atoms with E-state index in [9.17, 15) is 19.2 Å². The highest BCUT2D eigenvalue weighted by atomic mass is 16.5. The molecule has 3 N–H and O–H groups in total. The third-order valence-corrected chi connectivity index (χ3v) is 4.54. The fourth-order valence-corrected chi connectivity index (χ4v) is 2.92. The van der Waals surface area contributed by atoms with Crippen molar-refractivity contribution in [3.63, 3.8) is 0 Å². The molecular weight excluding hydrogens is 366 g/mol. The number of carbonyl (C=O) groups excluding carboxylic acids is 4. The van der Waals surface area contributed by atoms with Crippen LogP contribution in [0, 0.1) is 5.92 Å². The molecular formula is C19H27N3O6. The first-order valence-electron chi connectivity index (χ1n) is 9.44. The Kier molecular flexibility index (Phi) is 7.60. The molecule has 0 bridgehead atoms. The van der Waals surface area contributed by atoms with Gasteiger partial charge in [-0.25, -0.2) is 9.59 Å². The molecule has 0 unspecified atom stereocenters. The number of hydrogen-bond donors (Lipinski definition) is 3. The number of nitrogens with one attached hydrogen (secondary N) is 3. The normalized spacial score (nSPS) is 16.3. The van der Waals surface area contributed by atoms with Gasteiger partial charge in [0.15, 0.2) is 11.9 Å². The van der Waals surface area contributed by atoms with Gasteiger partial charge in [-0.05, 0) is 37.8 Å². The molecule has 4 amide bonds. The summed E-state index contributed by atoms with van der Waals surface area (Å²) in [6.45, 7) is 4.82. The minimum atomic E-state index is -1.19. The highest BCUT2D eigenvalue weighted by Crippen LogP contribution is 2.17. The summed E-state index contributed by atoms with van der Waals surface area (Å²) in [6, 6.07) is 1.51. The Bertz CT molecular complexity index is 695. The van der Waals surface area contributed by atoms with E-state index in [4.69, 9.17) is 9.15 Å². The Morgan fingerprint density at radius 2 is 1.82 bits per heavy atom. The summed E-state index contributed by atoms with van der Waals surface area (Å²) in [6.07, 6.45) is 4.03. The van der Waals surface area contributed by atoms with Gasteiger partial charge in [-0.2, -0.15) is 0 Å². The summed E-state index contributed by atoms with van der Waals surface area (Å²) in [5, 5.41) is 7.43. The Morgan fingerprint density at radius 1 is 1.14 bits per heavy atom. The van der Waals surface area contributed by atoms with E-state index in [2.05, 4.69) is 16.0 Å². The highest BCUT2D eigenvalue weighted by Gasteiger charge is 2.30. The molecule has 9 nitrogen and oxygen atoms in total. The molecule has 0 aliphatic heterocycles. The lowest BCUT2D eigenvalue weighted by molar-refractivity contribution is -0.157. The molecule has 1 aromatic heterocycles. The summed E-state index contributed by atoms with van der Waals surface area (Å²) < 4.78 is 10.1. The van der Waals surface area contributed by atoms with E-state index in [0.29, 0.717) is 0 Å². The largest absolute Gasteiger partial charge is 0.459 e. The Balaban J connectivity index is 1.85. The van der Waals surface area contributed by atoms with Crippen LogP contribution < -0.4 is 16.0 Å². The second kappa shape index (κ2) is 9.91. The fourth-order valence-electron chi connectivity index (χ4n) is 2.92. The van der Waals surface area contributed by atoms with Crippen LogP contribution in [-0.4, -0.2) is 42.0 Å². The zero-order chi connectivity index (χ0) is 20.7. The second-order valence-corrected chi connectivity index (χ2v) is 7.20. The Morgan fingerprint density at radius 3 is 2.39 bits per heavy atom. The number of urea groups is 1. The van der Waals surface area contributed by atoms with Crippen molar-refractivity contribution in [2.24, 2.45) is 5.92 Å². The predicted octanol–water partition coefficient (Wildman–Crippen LogP) is 1.73. The first-order valence-corrected chi connectivity index (χ1v) is 9.44. The van der Waals surface area contributed by atoms with Crippen molar-refractivity contribution < 1.29 is 28.3 Å². The van der Waals surface area contributed by atoms with E-state index >= 15 is 0 Å². The molecule has 1 fully saturated rings. The second-order valence-electron chi connectivity index (χ2n) is 7.20. The van der Waals surface area contributed by atoms with Crippen LogP contribution in [0.1, 0.15) is 57.0 Å². The molecule has 9 heteroatoms. The van der Waals surface area contributed by atoms with Crippen molar-refractivity contribution in [2.75, 3.05) is 0 Å². The van der Waals surface area contributed by atoms with E-state index in [1.165, 1.54) is 19.3 Å². The quantitative estimate of drug-likeness (QED) is 0.606. The standard InChI is InChI=1S/C19H27N3O6/c1-11(2)15(21-17(24)14-9-6-10-27-14)18(25)28-12(3)16(23)22-19(26)20-13-7-4-5-8-13/h6,9-13,15H,4-5,7-8H2,1-3H3,(H,21,24)(H2,20,22,23,26)/t12-,15-/m0/s1. The van der Waals surface area contributed by atoms with Crippen molar-refractivity contribution in [1.82, 2.24) is 16.0 Å². The third-order valence-electron chi connectivity index (χ3n) is 4.54. The Labute approximate surface area is 163 Å². The average Bonchev–Trinajstić information content (AvgIpc) is 3.32. The topological polar surface area (TPSA) is 127 Å². The maximum absolute atomic E-state index is 12.4. The molecule has 1 heterocycles. The van der Waals surface area contributed by atoms with Gasteiger partial charge in [0.1, 0.15) is 6.04 Å². The van der Waals surface area contributed by atoms with Crippen LogP contribution in [0.3, 0.4) is 0 Å². The highest BCUT2D eigenvalue weighted by molar-refractivity contribution is 5.98. The van der Waals surface area contributed by atoms with Crippen LogP contribution in [-0.2, 0) is 14.3 Å². The van der Waals surface area contributed by atoms with Gasteiger partial charge >= 0.3 is 12.0 Å². The summed E-state index contributed by atoms with van der Waals surface area (Å²) >= 11 is 0. The first-order chi connectivity index (χ1) is 13.3. The number of carbonyl (C=O) groups is 4. The Hall–Kier alpha value is -2.84. The molecule has 1 saturated carbocycles. The molecule has 1 aliphatic rings. The molecule has 154 valence electrons. The number of hydrogen-bond acceptors (Lipinski definition) is 6. The lowest BCUT2D eigenvalue weighted by Gasteiger charge is -2.22.